The number of hydrogen-bond acceptors (Lipinski definition) is 3. The van der Waals surface area contributed by atoms with E-state index in [0.717, 1.165) is 56.4 Å². The number of hydrogen-bond donors (Lipinski definition) is 0. The van der Waals surface area contributed by atoms with Crippen LogP contribution in [0.4, 0.5) is 0 Å². The van der Waals surface area contributed by atoms with E-state index in [0.29, 0.717) is 0 Å². The second kappa shape index (κ2) is 12.5. The average Bonchev–Trinajstić information content (AvgIpc) is 3.82. The smallest absolute Gasteiger partial charge is 0.145 e. The van der Waals surface area contributed by atoms with Crippen LogP contribution in [0.1, 0.15) is 32.8 Å². The summed E-state index contributed by atoms with van der Waals surface area (Å²) >= 11 is 0. The second-order valence-electron chi connectivity index (χ2n) is 13.3. The molecule has 10 rings (SSSR count). The van der Waals surface area contributed by atoms with Gasteiger partial charge in [0.1, 0.15) is 11.2 Å². The molecule has 0 aliphatic rings. The average molecular weight is 824 g/mol. The van der Waals surface area contributed by atoms with E-state index in [1.54, 1.807) is 6.20 Å². The molecule has 0 aliphatic heterocycles. The molecular weight excluding hydrogens is 791 g/mol. The van der Waals surface area contributed by atoms with Gasteiger partial charge in [0, 0.05) is 54.2 Å². The Hall–Kier alpha value is -5.35. The van der Waals surface area contributed by atoms with Crippen molar-refractivity contribution in [2.75, 3.05) is 0 Å². The van der Waals surface area contributed by atoms with Gasteiger partial charge in [0.25, 0.3) is 0 Å². The Balaban J connectivity index is 0.000000236. The van der Waals surface area contributed by atoms with Gasteiger partial charge in [-0.3, -0.25) is 0 Å². The zero-order valence-electron chi connectivity index (χ0n) is 28.0. The van der Waals surface area contributed by atoms with Crippen LogP contribution in [0.15, 0.2) is 138 Å². The molecule has 50 heavy (non-hydrogen) atoms. The van der Waals surface area contributed by atoms with Gasteiger partial charge in [0.2, 0.25) is 0 Å². The molecule has 0 saturated heterocycles. The van der Waals surface area contributed by atoms with Gasteiger partial charge in [-0.1, -0.05) is 80.8 Å². The van der Waals surface area contributed by atoms with Crippen LogP contribution in [0.3, 0.4) is 0 Å². The minimum absolute atomic E-state index is 0. The standard InChI is InChI=1S/C34H25N2O.C11H8N.Ir/c1-4-34(2,3)21-16-17-35-27(19-21)20-12-14-28-26(18-20)23-9-7-10-25-31-29(36(28)32(23)25)15-13-24-22-8-5-6-11-30(22)37-33(24)31;1-2-6-10(7-3-1)11-8-4-5-9-12-11;/h5-11,13-19H,4H2,1-3H3;1-6,8-9H;/q2*-1;. The monoisotopic (exact) mass is 824 g/mol. The molecule has 0 unspecified atom stereocenters. The van der Waals surface area contributed by atoms with Crippen molar-refractivity contribution in [3.05, 3.63) is 151 Å². The van der Waals surface area contributed by atoms with Crippen molar-refractivity contribution in [2.24, 2.45) is 0 Å². The number of fused-ring (bicyclic) bond motifs is 10. The van der Waals surface area contributed by atoms with Crippen LogP contribution < -0.4 is 0 Å². The molecule has 5 aromatic carbocycles. The van der Waals surface area contributed by atoms with E-state index in [9.17, 15) is 0 Å². The van der Waals surface area contributed by atoms with Gasteiger partial charge >= 0.3 is 0 Å². The predicted molar refractivity (Wildman–Crippen MR) is 202 cm³/mol. The normalized spacial score (nSPS) is 11.8. The van der Waals surface area contributed by atoms with Crippen LogP contribution in [-0.2, 0) is 25.5 Å². The van der Waals surface area contributed by atoms with E-state index >= 15 is 0 Å². The van der Waals surface area contributed by atoms with Gasteiger partial charge in [0.15, 0.2) is 0 Å². The van der Waals surface area contributed by atoms with Crippen LogP contribution in [0, 0.1) is 12.1 Å². The summed E-state index contributed by atoms with van der Waals surface area (Å²) in [5.41, 5.74) is 10.9. The SMILES string of the molecule is CCC(C)(C)c1ccnc(-c2[c-]cc3c(c2)c2cccc4c5c6oc7ccccc7c6ccc5n3c24)c1.[Ir].[c-]1ccccc1-c1ccccn1. The van der Waals surface area contributed by atoms with E-state index in [2.05, 4.69) is 109 Å². The molecule has 5 heteroatoms. The van der Waals surface area contributed by atoms with Gasteiger partial charge < -0.3 is 18.8 Å². The first-order valence-electron chi connectivity index (χ1n) is 16.8. The van der Waals surface area contributed by atoms with Crippen molar-refractivity contribution in [2.45, 2.75) is 32.6 Å². The van der Waals surface area contributed by atoms with Crippen molar-refractivity contribution < 1.29 is 24.5 Å². The number of rotatable bonds is 4. The van der Waals surface area contributed by atoms with Crippen molar-refractivity contribution in [3.8, 4) is 22.5 Å². The molecule has 0 fully saturated rings. The minimum Gasteiger partial charge on any atom is -0.455 e. The summed E-state index contributed by atoms with van der Waals surface area (Å²) in [6, 6.07) is 48.5. The van der Waals surface area contributed by atoms with E-state index < -0.39 is 0 Å². The first kappa shape index (κ1) is 31.9. The summed E-state index contributed by atoms with van der Waals surface area (Å²) < 4.78 is 8.82. The zero-order chi connectivity index (χ0) is 33.1. The Morgan fingerprint density at radius 3 is 2.28 bits per heavy atom. The summed E-state index contributed by atoms with van der Waals surface area (Å²) in [5, 5.41) is 7.19. The molecule has 245 valence electrons. The number of nitrogens with zero attached hydrogens (tertiary/aromatic N) is 3. The Morgan fingerprint density at radius 2 is 1.46 bits per heavy atom. The third-order valence-electron chi connectivity index (χ3n) is 10.1. The molecule has 0 aliphatic carbocycles. The first-order valence-corrected chi connectivity index (χ1v) is 16.8. The molecule has 1 radical (unpaired) electrons. The van der Waals surface area contributed by atoms with Crippen molar-refractivity contribution in [1.29, 1.82) is 0 Å². The fourth-order valence-electron chi connectivity index (χ4n) is 7.11. The van der Waals surface area contributed by atoms with Crippen LogP contribution in [-0.4, -0.2) is 14.4 Å². The fourth-order valence-corrected chi connectivity index (χ4v) is 7.11. The number of furan rings is 1. The topological polar surface area (TPSA) is 43.3 Å². The maximum Gasteiger partial charge on any atom is 0.145 e. The Bertz CT molecular complexity index is 2740. The van der Waals surface area contributed by atoms with Crippen LogP contribution >= 0.6 is 0 Å². The molecule has 0 N–H and O–H groups in total. The number of aromatic nitrogens is 3. The van der Waals surface area contributed by atoms with E-state index in [4.69, 9.17) is 9.40 Å². The number of pyridine rings is 2. The third-order valence-corrected chi connectivity index (χ3v) is 10.1. The van der Waals surface area contributed by atoms with Crippen LogP contribution in [0.2, 0.25) is 0 Å². The maximum absolute atomic E-state index is 6.43. The van der Waals surface area contributed by atoms with Crippen molar-refractivity contribution in [3.63, 3.8) is 0 Å². The molecule has 0 atom stereocenters. The van der Waals surface area contributed by atoms with E-state index in [1.807, 2.05) is 60.8 Å². The van der Waals surface area contributed by atoms with Gasteiger partial charge in [-0.05, 0) is 70.0 Å². The molecule has 5 heterocycles. The van der Waals surface area contributed by atoms with Gasteiger partial charge in [-0.2, -0.15) is 0 Å². The summed E-state index contributed by atoms with van der Waals surface area (Å²) in [4.78, 5) is 8.94. The molecular formula is C45H33IrN3O-2. The maximum atomic E-state index is 6.43. The molecule has 0 spiro atoms. The Labute approximate surface area is 304 Å². The molecule has 0 saturated carbocycles. The summed E-state index contributed by atoms with van der Waals surface area (Å²) in [6.45, 7) is 6.81. The summed E-state index contributed by atoms with van der Waals surface area (Å²) in [7, 11) is 0. The summed E-state index contributed by atoms with van der Waals surface area (Å²) in [5.74, 6) is 0. The fraction of sp³-hybridized carbons (Fsp3) is 0.111. The Kier molecular flexibility index (Phi) is 7.98. The van der Waals surface area contributed by atoms with Crippen molar-refractivity contribution >= 4 is 60.0 Å². The number of benzene rings is 5. The van der Waals surface area contributed by atoms with Gasteiger partial charge in [-0.25, -0.2) is 0 Å². The van der Waals surface area contributed by atoms with E-state index in [-0.39, 0.29) is 25.5 Å². The van der Waals surface area contributed by atoms with Crippen molar-refractivity contribution in [1.82, 2.24) is 14.4 Å². The summed E-state index contributed by atoms with van der Waals surface area (Å²) in [6.07, 6.45) is 4.79. The second-order valence-corrected chi connectivity index (χ2v) is 13.3. The van der Waals surface area contributed by atoms with Crippen LogP contribution in [0.5, 0.6) is 0 Å². The molecule has 4 nitrogen and oxygen atoms in total. The van der Waals surface area contributed by atoms with Gasteiger partial charge in [-0.15, -0.1) is 59.7 Å². The predicted octanol–water partition coefficient (Wildman–Crippen LogP) is 11.8. The molecule has 0 amide bonds. The van der Waals surface area contributed by atoms with E-state index in [1.165, 1.54) is 38.1 Å². The largest absolute Gasteiger partial charge is 0.455 e. The molecule has 5 aromatic heterocycles. The van der Waals surface area contributed by atoms with Crippen LogP contribution in [0.25, 0.3) is 82.5 Å². The molecule has 0 bridgehead atoms. The first-order chi connectivity index (χ1) is 24.0. The zero-order valence-corrected chi connectivity index (χ0v) is 30.4. The molecule has 10 aromatic rings. The minimum atomic E-state index is 0. The number of para-hydroxylation sites is 2. The van der Waals surface area contributed by atoms with Gasteiger partial charge in [0.05, 0.1) is 10.9 Å². The Morgan fingerprint density at radius 1 is 0.660 bits per heavy atom. The third kappa shape index (κ3) is 5.08. The quantitative estimate of drug-likeness (QED) is 0.166.